The van der Waals surface area contributed by atoms with Crippen LogP contribution >= 0.6 is 11.8 Å². The Morgan fingerprint density at radius 1 is 1.12 bits per heavy atom. The molecule has 0 saturated carbocycles. The zero-order valence-corrected chi connectivity index (χ0v) is 18.2. The lowest BCUT2D eigenvalue weighted by molar-refractivity contribution is -0.384. The summed E-state index contributed by atoms with van der Waals surface area (Å²) < 4.78 is 6.85. The molecule has 0 aliphatic carbocycles. The van der Waals surface area contributed by atoms with Gasteiger partial charge in [-0.05, 0) is 30.3 Å². The van der Waals surface area contributed by atoms with Gasteiger partial charge in [0, 0.05) is 17.8 Å². The fourth-order valence-corrected chi connectivity index (χ4v) is 4.07. The highest BCUT2D eigenvalue weighted by Crippen LogP contribution is 2.27. The summed E-state index contributed by atoms with van der Waals surface area (Å²) in [5.41, 5.74) is 0.914. The second-order valence-corrected chi connectivity index (χ2v) is 7.81. The first kappa shape index (κ1) is 22.0. The molecule has 1 aromatic heterocycles. The van der Waals surface area contributed by atoms with Crippen molar-refractivity contribution in [2.75, 3.05) is 18.2 Å². The van der Waals surface area contributed by atoms with E-state index in [1.165, 1.54) is 29.9 Å². The number of carbonyl (C=O) groups excluding carboxylic acids is 1. The number of aromatic nitrogens is 2. The Balaban J connectivity index is 1.67. The lowest BCUT2D eigenvalue weighted by Crippen LogP contribution is -2.23. The van der Waals surface area contributed by atoms with Crippen LogP contribution in [0, 0.1) is 10.1 Å². The van der Waals surface area contributed by atoms with Crippen molar-refractivity contribution >= 4 is 39.9 Å². The SMILES string of the molecule is COc1ccccc1-n1c(SCC(=O)Nc2cccc([N+](=O)[O-])c2)nc2ccccc2c1=O. The molecule has 0 fully saturated rings. The maximum Gasteiger partial charge on any atom is 0.271 e. The minimum atomic E-state index is -0.532. The number of hydrogen-bond acceptors (Lipinski definition) is 7. The lowest BCUT2D eigenvalue weighted by atomic mass is 10.2. The van der Waals surface area contributed by atoms with Crippen LogP contribution in [0.4, 0.5) is 11.4 Å². The van der Waals surface area contributed by atoms with E-state index < -0.39 is 10.8 Å². The van der Waals surface area contributed by atoms with E-state index in [0.29, 0.717) is 33.2 Å². The number of nitrogens with one attached hydrogen (secondary N) is 1. The summed E-state index contributed by atoms with van der Waals surface area (Å²) in [6.45, 7) is 0. The Hall–Kier alpha value is -4.18. The largest absolute Gasteiger partial charge is 0.495 e. The molecule has 9 nitrogen and oxygen atoms in total. The Bertz CT molecular complexity index is 1420. The number of thioether (sulfide) groups is 1. The quantitative estimate of drug-likeness (QED) is 0.191. The van der Waals surface area contributed by atoms with Gasteiger partial charge in [0.2, 0.25) is 5.91 Å². The van der Waals surface area contributed by atoms with Gasteiger partial charge in [0.1, 0.15) is 5.75 Å². The van der Waals surface area contributed by atoms with Gasteiger partial charge < -0.3 is 10.1 Å². The van der Waals surface area contributed by atoms with Gasteiger partial charge in [-0.2, -0.15) is 0 Å². The number of amides is 1. The van der Waals surface area contributed by atoms with E-state index in [1.54, 1.807) is 54.6 Å². The number of nitrogens with zero attached hydrogens (tertiary/aromatic N) is 3. The first-order chi connectivity index (χ1) is 16.0. The number of non-ortho nitro benzene ring substituents is 1. The summed E-state index contributed by atoms with van der Waals surface area (Å²) in [6, 6.07) is 19.7. The summed E-state index contributed by atoms with van der Waals surface area (Å²) >= 11 is 1.08. The van der Waals surface area contributed by atoms with Crippen LogP contribution in [-0.2, 0) is 4.79 Å². The van der Waals surface area contributed by atoms with Crippen LogP contribution < -0.4 is 15.6 Å². The number of carbonyl (C=O) groups is 1. The van der Waals surface area contributed by atoms with Crippen LogP contribution in [0.5, 0.6) is 5.75 Å². The Morgan fingerprint density at radius 2 is 1.88 bits per heavy atom. The van der Waals surface area contributed by atoms with Crippen molar-refractivity contribution in [3.63, 3.8) is 0 Å². The molecule has 0 spiro atoms. The van der Waals surface area contributed by atoms with Crippen molar-refractivity contribution in [2.24, 2.45) is 0 Å². The zero-order valence-electron chi connectivity index (χ0n) is 17.4. The Kier molecular flexibility index (Phi) is 6.36. The average Bonchev–Trinajstić information content (AvgIpc) is 2.83. The van der Waals surface area contributed by atoms with E-state index in [9.17, 15) is 19.7 Å². The van der Waals surface area contributed by atoms with Gasteiger partial charge in [0.15, 0.2) is 5.16 Å². The van der Waals surface area contributed by atoms with Crippen LogP contribution in [0.15, 0.2) is 82.7 Å². The molecule has 0 saturated heterocycles. The number of para-hydroxylation sites is 3. The number of methoxy groups -OCH3 is 1. The summed E-state index contributed by atoms with van der Waals surface area (Å²) in [7, 11) is 1.51. The number of nitro benzene ring substituents is 1. The maximum absolute atomic E-state index is 13.3. The molecule has 0 bridgehead atoms. The van der Waals surface area contributed by atoms with Gasteiger partial charge in [-0.3, -0.25) is 24.3 Å². The van der Waals surface area contributed by atoms with Crippen molar-refractivity contribution in [1.29, 1.82) is 0 Å². The molecule has 4 aromatic rings. The minimum absolute atomic E-state index is 0.0668. The zero-order chi connectivity index (χ0) is 23.4. The highest BCUT2D eigenvalue weighted by atomic mass is 32.2. The van der Waals surface area contributed by atoms with E-state index in [1.807, 2.05) is 0 Å². The molecule has 1 heterocycles. The van der Waals surface area contributed by atoms with E-state index in [-0.39, 0.29) is 17.0 Å². The van der Waals surface area contributed by atoms with E-state index in [2.05, 4.69) is 10.3 Å². The van der Waals surface area contributed by atoms with Crippen molar-refractivity contribution in [1.82, 2.24) is 9.55 Å². The Morgan fingerprint density at radius 3 is 2.67 bits per heavy atom. The van der Waals surface area contributed by atoms with Crippen LogP contribution in [0.3, 0.4) is 0 Å². The highest BCUT2D eigenvalue weighted by molar-refractivity contribution is 7.99. The standard InChI is InChI=1S/C23H18N4O5S/c1-32-20-12-5-4-11-19(20)26-22(29)17-9-2-3-10-18(17)25-23(26)33-14-21(28)24-15-7-6-8-16(13-15)27(30)31/h2-13H,14H2,1H3,(H,24,28). The fraction of sp³-hybridized carbons (Fsp3) is 0.0870. The highest BCUT2D eigenvalue weighted by Gasteiger charge is 2.17. The molecule has 1 N–H and O–H groups in total. The van der Waals surface area contributed by atoms with E-state index in [0.717, 1.165) is 11.8 Å². The number of ether oxygens (including phenoxy) is 1. The molecule has 0 atom stereocenters. The van der Waals surface area contributed by atoms with E-state index >= 15 is 0 Å². The molecule has 0 radical (unpaired) electrons. The molecule has 33 heavy (non-hydrogen) atoms. The number of hydrogen-bond donors (Lipinski definition) is 1. The Labute approximate surface area is 192 Å². The lowest BCUT2D eigenvalue weighted by Gasteiger charge is -2.15. The summed E-state index contributed by atoms with van der Waals surface area (Å²) in [5, 5.41) is 14.3. The van der Waals surface area contributed by atoms with E-state index in [4.69, 9.17) is 4.74 Å². The topological polar surface area (TPSA) is 116 Å². The smallest absolute Gasteiger partial charge is 0.271 e. The molecule has 0 unspecified atom stereocenters. The molecule has 0 aliphatic rings. The monoisotopic (exact) mass is 462 g/mol. The predicted octanol–water partition coefficient (Wildman–Crippen LogP) is 4.03. The van der Waals surface area contributed by atoms with Crippen molar-refractivity contribution < 1.29 is 14.5 Å². The molecular formula is C23H18N4O5S. The molecule has 1 amide bonds. The maximum atomic E-state index is 13.3. The van der Waals surface area contributed by atoms with Crippen molar-refractivity contribution in [2.45, 2.75) is 5.16 Å². The third kappa shape index (κ3) is 4.70. The molecule has 4 rings (SSSR count). The number of fused-ring (bicyclic) bond motifs is 1. The minimum Gasteiger partial charge on any atom is -0.495 e. The predicted molar refractivity (Wildman–Crippen MR) is 126 cm³/mol. The fourth-order valence-electron chi connectivity index (χ4n) is 3.26. The van der Waals surface area contributed by atoms with Crippen LogP contribution in [0.25, 0.3) is 16.6 Å². The molecular weight excluding hydrogens is 444 g/mol. The summed E-state index contributed by atoms with van der Waals surface area (Å²) in [6.07, 6.45) is 0. The second kappa shape index (κ2) is 9.53. The first-order valence-corrected chi connectivity index (χ1v) is 10.8. The molecule has 3 aromatic carbocycles. The average molecular weight is 462 g/mol. The van der Waals surface area contributed by atoms with Gasteiger partial charge in [-0.1, -0.05) is 42.1 Å². The van der Waals surface area contributed by atoms with Crippen molar-refractivity contribution in [3.8, 4) is 11.4 Å². The normalized spacial score (nSPS) is 10.7. The van der Waals surface area contributed by atoms with Crippen LogP contribution in [-0.4, -0.2) is 33.2 Å². The number of benzene rings is 3. The third-order valence-electron chi connectivity index (χ3n) is 4.74. The molecule has 166 valence electrons. The number of anilines is 1. The van der Waals surface area contributed by atoms with Crippen molar-refractivity contribution in [3.05, 3.63) is 93.3 Å². The second-order valence-electron chi connectivity index (χ2n) is 6.87. The van der Waals surface area contributed by atoms with Gasteiger partial charge in [0.05, 0.1) is 34.4 Å². The summed E-state index contributed by atoms with van der Waals surface area (Å²) in [4.78, 5) is 40.9. The van der Waals surface area contributed by atoms with Gasteiger partial charge in [-0.25, -0.2) is 4.98 Å². The third-order valence-corrected chi connectivity index (χ3v) is 5.68. The molecule has 0 aliphatic heterocycles. The van der Waals surface area contributed by atoms with Crippen LogP contribution in [0.2, 0.25) is 0 Å². The first-order valence-electron chi connectivity index (χ1n) is 9.80. The number of rotatable bonds is 7. The number of nitro groups is 1. The van der Waals surface area contributed by atoms with Gasteiger partial charge in [-0.15, -0.1) is 0 Å². The van der Waals surface area contributed by atoms with Crippen LogP contribution in [0.1, 0.15) is 0 Å². The summed E-state index contributed by atoms with van der Waals surface area (Å²) in [5.74, 6) is 0.0249. The van der Waals surface area contributed by atoms with Gasteiger partial charge in [0.25, 0.3) is 11.2 Å². The molecule has 10 heteroatoms. The van der Waals surface area contributed by atoms with Gasteiger partial charge >= 0.3 is 0 Å².